The Morgan fingerprint density at radius 3 is 2.58 bits per heavy atom. The van der Waals surface area contributed by atoms with Crippen LogP contribution in [0.15, 0.2) is 34.9 Å². The first-order chi connectivity index (χ1) is 17.3. The van der Waals surface area contributed by atoms with Gasteiger partial charge in [-0.25, -0.2) is 9.78 Å². The summed E-state index contributed by atoms with van der Waals surface area (Å²) >= 11 is 6.00. The van der Waals surface area contributed by atoms with E-state index in [1.165, 1.54) is 4.90 Å². The van der Waals surface area contributed by atoms with Gasteiger partial charge < -0.3 is 19.7 Å². The van der Waals surface area contributed by atoms with E-state index in [1.54, 1.807) is 18.3 Å². The van der Waals surface area contributed by atoms with Crippen molar-refractivity contribution in [2.75, 3.05) is 13.1 Å². The molecule has 194 valence electrons. The van der Waals surface area contributed by atoms with Crippen molar-refractivity contribution in [3.05, 3.63) is 41.4 Å². The first kappa shape index (κ1) is 26.2. The number of benzene rings is 1. The monoisotopic (exact) mass is 515 g/mol. The second-order valence-electron chi connectivity index (χ2n) is 10.0. The molecular formula is C27H34ClN3O5. The van der Waals surface area contributed by atoms with E-state index in [0.717, 1.165) is 31.2 Å². The molecule has 2 fully saturated rings. The van der Waals surface area contributed by atoms with Crippen LogP contribution in [-0.2, 0) is 9.59 Å². The van der Waals surface area contributed by atoms with Gasteiger partial charge in [0, 0.05) is 42.4 Å². The fourth-order valence-corrected chi connectivity index (χ4v) is 5.29. The Morgan fingerprint density at radius 2 is 1.92 bits per heavy atom. The fourth-order valence-electron chi connectivity index (χ4n) is 5.16. The summed E-state index contributed by atoms with van der Waals surface area (Å²) < 4.78 is 6.07. The second-order valence-corrected chi connectivity index (χ2v) is 10.4. The SMILES string of the molecule is CCC(=O)CCCCCC(NC(=O)C1CC12CCN(C(=O)O)CC2)c1ncc(-c2ccc(Cl)cc2)o1. The van der Waals surface area contributed by atoms with Crippen LogP contribution in [0.2, 0.25) is 5.02 Å². The Balaban J connectivity index is 1.39. The molecule has 2 atom stereocenters. The van der Waals surface area contributed by atoms with E-state index in [1.807, 2.05) is 19.1 Å². The number of amides is 2. The lowest BCUT2D eigenvalue weighted by atomic mass is 9.90. The molecule has 0 bridgehead atoms. The Kier molecular flexibility index (Phi) is 8.34. The highest BCUT2D eigenvalue weighted by atomic mass is 35.5. The van der Waals surface area contributed by atoms with Gasteiger partial charge in [-0.3, -0.25) is 9.59 Å². The van der Waals surface area contributed by atoms with Crippen molar-refractivity contribution in [2.45, 2.75) is 70.8 Å². The van der Waals surface area contributed by atoms with Crippen LogP contribution < -0.4 is 5.32 Å². The van der Waals surface area contributed by atoms with Crippen molar-refractivity contribution in [3.63, 3.8) is 0 Å². The van der Waals surface area contributed by atoms with E-state index >= 15 is 0 Å². The summed E-state index contributed by atoms with van der Waals surface area (Å²) in [6.45, 7) is 2.83. The number of unbranched alkanes of at least 4 members (excludes halogenated alkanes) is 2. The number of Topliss-reactive ketones (excluding diaryl/α,β-unsaturated/α-hetero) is 1. The van der Waals surface area contributed by atoms with Crippen molar-refractivity contribution in [1.82, 2.24) is 15.2 Å². The minimum Gasteiger partial charge on any atom is -0.465 e. The van der Waals surface area contributed by atoms with Crippen molar-refractivity contribution in [1.29, 1.82) is 0 Å². The average Bonchev–Trinajstić information content (AvgIpc) is 3.33. The van der Waals surface area contributed by atoms with E-state index in [0.29, 0.717) is 61.9 Å². The summed E-state index contributed by atoms with van der Waals surface area (Å²) in [5, 5.41) is 13.0. The van der Waals surface area contributed by atoms with Crippen molar-refractivity contribution >= 4 is 29.4 Å². The largest absolute Gasteiger partial charge is 0.465 e. The minimum atomic E-state index is -0.896. The van der Waals surface area contributed by atoms with Crippen LogP contribution in [0.25, 0.3) is 11.3 Å². The Bertz CT molecular complexity index is 1080. The van der Waals surface area contributed by atoms with E-state index in [9.17, 15) is 19.5 Å². The standard InChI is InChI=1S/C27H34ClN3O5/c1-2-20(32)6-4-3-5-7-22(25-29-17-23(36-25)18-8-10-19(28)11-9-18)30-24(33)21-16-27(21)12-14-31(15-13-27)26(34)35/h8-11,17,21-22H,2-7,12-16H2,1H3,(H,30,33)(H,34,35). The van der Waals surface area contributed by atoms with Gasteiger partial charge in [0.15, 0.2) is 5.76 Å². The number of likely N-dealkylation sites (tertiary alicyclic amines) is 1. The molecule has 2 aliphatic rings. The summed E-state index contributed by atoms with van der Waals surface area (Å²) in [6.07, 6.45) is 7.37. The number of ketones is 1. The smallest absolute Gasteiger partial charge is 0.407 e. The summed E-state index contributed by atoms with van der Waals surface area (Å²) in [7, 11) is 0. The lowest BCUT2D eigenvalue weighted by molar-refractivity contribution is -0.124. The van der Waals surface area contributed by atoms with Gasteiger partial charge in [-0.05, 0) is 61.8 Å². The Morgan fingerprint density at radius 1 is 1.19 bits per heavy atom. The molecule has 2 unspecified atom stereocenters. The number of carboxylic acid groups (broad SMARTS) is 1. The highest BCUT2D eigenvalue weighted by molar-refractivity contribution is 6.30. The van der Waals surface area contributed by atoms with Gasteiger partial charge in [-0.15, -0.1) is 0 Å². The molecule has 8 nitrogen and oxygen atoms in total. The summed E-state index contributed by atoms with van der Waals surface area (Å²) in [4.78, 5) is 42.0. The van der Waals surface area contributed by atoms with E-state index in [2.05, 4.69) is 10.3 Å². The molecule has 1 aromatic heterocycles. The number of rotatable bonds is 11. The molecular weight excluding hydrogens is 482 g/mol. The number of aromatic nitrogens is 1. The molecule has 1 spiro atoms. The lowest BCUT2D eigenvalue weighted by Gasteiger charge is -2.30. The number of oxazole rings is 1. The molecule has 1 saturated carbocycles. The summed E-state index contributed by atoms with van der Waals surface area (Å²) in [5.41, 5.74) is 0.763. The van der Waals surface area contributed by atoms with Crippen LogP contribution in [0.4, 0.5) is 4.79 Å². The van der Waals surface area contributed by atoms with Crippen molar-refractivity contribution in [2.24, 2.45) is 11.3 Å². The van der Waals surface area contributed by atoms with Gasteiger partial charge in [0.25, 0.3) is 0 Å². The third-order valence-corrected chi connectivity index (χ3v) is 7.90. The number of nitrogens with one attached hydrogen (secondary N) is 1. The molecule has 1 aliphatic carbocycles. The maximum absolute atomic E-state index is 13.2. The fraction of sp³-hybridized carbons (Fsp3) is 0.556. The zero-order chi connectivity index (χ0) is 25.7. The molecule has 2 heterocycles. The number of halogens is 1. The van der Waals surface area contributed by atoms with Crippen molar-refractivity contribution in [3.8, 4) is 11.3 Å². The van der Waals surface area contributed by atoms with Gasteiger partial charge in [0.1, 0.15) is 11.8 Å². The highest BCUT2D eigenvalue weighted by Gasteiger charge is 2.59. The number of hydrogen-bond donors (Lipinski definition) is 2. The van der Waals surface area contributed by atoms with Crippen molar-refractivity contribution < 1.29 is 23.9 Å². The average molecular weight is 516 g/mol. The normalized spacial score (nSPS) is 19.2. The molecule has 2 N–H and O–H groups in total. The maximum atomic E-state index is 13.2. The van der Waals surface area contributed by atoms with Crippen LogP contribution in [0.5, 0.6) is 0 Å². The molecule has 1 aromatic carbocycles. The minimum absolute atomic E-state index is 0.0174. The molecule has 2 aromatic rings. The molecule has 1 saturated heterocycles. The van der Waals surface area contributed by atoms with E-state index < -0.39 is 6.09 Å². The topological polar surface area (TPSA) is 113 Å². The number of hydrogen-bond acceptors (Lipinski definition) is 5. The summed E-state index contributed by atoms with van der Waals surface area (Å²) in [6, 6.07) is 6.94. The number of carbonyl (C=O) groups is 3. The van der Waals surface area contributed by atoms with E-state index in [4.69, 9.17) is 16.0 Å². The molecule has 36 heavy (non-hydrogen) atoms. The zero-order valence-electron chi connectivity index (χ0n) is 20.7. The third-order valence-electron chi connectivity index (χ3n) is 7.65. The van der Waals surface area contributed by atoms with Gasteiger partial charge in [0.05, 0.1) is 6.20 Å². The Hall–Kier alpha value is -2.87. The second kappa shape index (κ2) is 11.5. The van der Waals surface area contributed by atoms with Crippen LogP contribution in [0.1, 0.15) is 76.6 Å². The molecule has 0 radical (unpaired) electrons. The van der Waals surface area contributed by atoms with Crippen LogP contribution >= 0.6 is 11.6 Å². The molecule has 1 aliphatic heterocycles. The molecule has 9 heteroatoms. The molecule has 4 rings (SSSR count). The van der Waals surface area contributed by atoms with Crippen LogP contribution in [-0.4, -0.2) is 45.9 Å². The first-order valence-electron chi connectivity index (χ1n) is 12.8. The highest BCUT2D eigenvalue weighted by Crippen LogP contribution is 2.59. The first-order valence-corrected chi connectivity index (χ1v) is 13.2. The number of carbonyl (C=O) groups excluding carboxylic acids is 2. The molecule has 2 amide bonds. The number of nitrogens with zero attached hydrogens (tertiary/aromatic N) is 2. The van der Waals surface area contributed by atoms with E-state index in [-0.39, 0.29) is 29.1 Å². The quantitative estimate of drug-likeness (QED) is 0.362. The van der Waals surface area contributed by atoms with Gasteiger partial charge in [0.2, 0.25) is 11.8 Å². The lowest BCUT2D eigenvalue weighted by Crippen LogP contribution is -2.40. The summed E-state index contributed by atoms with van der Waals surface area (Å²) in [5.74, 6) is 1.22. The van der Waals surface area contributed by atoms with Crippen LogP contribution in [0.3, 0.4) is 0 Å². The number of piperidine rings is 1. The Labute approximate surface area is 216 Å². The van der Waals surface area contributed by atoms with Gasteiger partial charge >= 0.3 is 6.09 Å². The predicted octanol–water partition coefficient (Wildman–Crippen LogP) is 5.86. The van der Waals surface area contributed by atoms with Gasteiger partial charge in [-0.2, -0.15) is 0 Å². The predicted molar refractivity (Wildman–Crippen MR) is 136 cm³/mol. The van der Waals surface area contributed by atoms with Crippen LogP contribution in [0, 0.1) is 11.3 Å². The zero-order valence-corrected chi connectivity index (χ0v) is 21.4. The maximum Gasteiger partial charge on any atom is 0.407 e. The third kappa shape index (κ3) is 6.27. The van der Waals surface area contributed by atoms with Gasteiger partial charge in [-0.1, -0.05) is 31.4 Å².